The number of aromatic nitrogens is 1. The van der Waals surface area contributed by atoms with E-state index < -0.39 is 4.92 Å². The molecule has 3 rings (SSSR count). The van der Waals surface area contributed by atoms with Crippen LogP contribution in [0.4, 0.5) is 11.5 Å². The Balaban J connectivity index is 1.88. The standard InChI is InChI=1S/C14H15N3O3/c18-17(19)11-6-7-14(15-10-11)16-8-2-1-4-12(16)13-5-3-9-20-13/h3,5-7,9-10,12H,1-2,4,8H2. The average molecular weight is 273 g/mol. The fourth-order valence-corrected chi connectivity index (χ4v) is 2.64. The maximum Gasteiger partial charge on any atom is 0.287 e. The van der Waals surface area contributed by atoms with Gasteiger partial charge in [-0.25, -0.2) is 4.98 Å². The first kappa shape index (κ1) is 12.7. The van der Waals surface area contributed by atoms with Crippen LogP contribution >= 0.6 is 0 Å². The molecule has 0 amide bonds. The van der Waals surface area contributed by atoms with Crippen molar-refractivity contribution in [1.29, 1.82) is 0 Å². The van der Waals surface area contributed by atoms with Crippen LogP contribution in [0.15, 0.2) is 41.1 Å². The molecular weight excluding hydrogens is 258 g/mol. The van der Waals surface area contributed by atoms with E-state index >= 15 is 0 Å². The summed E-state index contributed by atoms with van der Waals surface area (Å²) >= 11 is 0. The normalized spacial score (nSPS) is 19.0. The monoisotopic (exact) mass is 273 g/mol. The summed E-state index contributed by atoms with van der Waals surface area (Å²) < 4.78 is 5.51. The Kier molecular flexibility index (Phi) is 3.37. The van der Waals surface area contributed by atoms with Crippen molar-refractivity contribution in [3.05, 3.63) is 52.6 Å². The van der Waals surface area contributed by atoms with E-state index in [1.807, 2.05) is 12.1 Å². The van der Waals surface area contributed by atoms with Gasteiger partial charge in [-0.15, -0.1) is 0 Å². The fourth-order valence-electron chi connectivity index (χ4n) is 2.64. The lowest BCUT2D eigenvalue weighted by atomic mass is 10.00. The lowest BCUT2D eigenvalue weighted by Gasteiger charge is -2.35. The molecule has 3 heterocycles. The Morgan fingerprint density at radius 3 is 2.90 bits per heavy atom. The second-order valence-electron chi connectivity index (χ2n) is 4.85. The van der Waals surface area contributed by atoms with E-state index in [1.54, 1.807) is 12.3 Å². The molecule has 2 aromatic rings. The van der Waals surface area contributed by atoms with Crippen LogP contribution in [0.25, 0.3) is 0 Å². The molecule has 1 aliphatic rings. The number of pyridine rings is 1. The van der Waals surface area contributed by atoms with Crippen molar-refractivity contribution in [3.63, 3.8) is 0 Å². The Hall–Kier alpha value is -2.37. The summed E-state index contributed by atoms with van der Waals surface area (Å²) in [6.45, 7) is 0.885. The first-order valence-electron chi connectivity index (χ1n) is 6.66. The van der Waals surface area contributed by atoms with Gasteiger partial charge in [0.05, 0.1) is 17.2 Å². The number of piperidine rings is 1. The zero-order valence-electron chi connectivity index (χ0n) is 10.9. The molecule has 0 N–H and O–H groups in total. The van der Waals surface area contributed by atoms with Crippen LogP contribution in [-0.2, 0) is 0 Å². The maximum atomic E-state index is 10.7. The van der Waals surface area contributed by atoms with Gasteiger partial charge in [0.1, 0.15) is 17.8 Å². The highest BCUT2D eigenvalue weighted by atomic mass is 16.6. The van der Waals surface area contributed by atoms with Gasteiger partial charge in [-0.2, -0.15) is 0 Å². The van der Waals surface area contributed by atoms with Gasteiger partial charge >= 0.3 is 0 Å². The Bertz CT molecular complexity index is 580. The van der Waals surface area contributed by atoms with Crippen molar-refractivity contribution in [2.45, 2.75) is 25.3 Å². The third kappa shape index (κ3) is 2.36. The first-order chi connectivity index (χ1) is 9.75. The molecule has 0 bridgehead atoms. The van der Waals surface area contributed by atoms with Gasteiger partial charge in [0.2, 0.25) is 0 Å². The molecule has 1 aliphatic heterocycles. The molecule has 6 heteroatoms. The van der Waals surface area contributed by atoms with Gasteiger partial charge in [-0.1, -0.05) is 0 Å². The van der Waals surface area contributed by atoms with Crippen molar-refractivity contribution in [2.24, 2.45) is 0 Å². The Labute approximate surface area is 116 Å². The zero-order chi connectivity index (χ0) is 13.9. The second kappa shape index (κ2) is 5.32. The quantitative estimate of drug-likeness (QED) is 0.633. The van der Waals surface area contributed by atoms with E-state index in [4.69, 9.17) is 4.42 Å². The van der Waals surface area contributed by atoms with Gasteiger partial charge < -0.3 is 9.32 Å². The smallest absolute Gasteiger partial charge is 0.287 e. The topological polar surface area (TPSA) is 72.4 Å². The molecule has 2 aromatic heterocycles. The summed E-state index contributed by atoms with van der Waals surface area (Å²) in [6, 6.07) is 7.21. The minimum Gasteiger partial charge on any atom is -0.467 e. The zero-order valence-corrected chi connectivity index (χ0v) is 10.9. The van der Waals surface area contributed by atoms with Crippen LogP contribution in [-0.4, -0.2) is 16.5 Å². The molecule has 6 nitrogen and oxygen atoms in total. The van der Waals surface area contributed by atoms with Crippen molar-refractivity contribution in [1.82, 2.24) is 4.98 Å². The number of rotatable bonds is 3. The molecule has 1 atom stereocenters. The molecule has 20 heavy (non-hydrogen) atoms. The average Bonchev–Trinajstić information content (AvgIpc) is 3.01. The summed E-state index contributed by atoms with van der Waals surface area (Å²) in [4.78, 5) is 16.6. The number of nitrogens with zero attached hydrogens (tertiary/aromatic N) is 3. The molecule has 104 valence electrons. The molecular formula is C14H15N3O3. The highest BCUT2D eigenvalue weighted by molar-refractivity contribution is 5.45. The molecule has 0 radical (unpaired) electrons. The predicted molar refractivity (Wildman–Crippen MR) is 73.5 cm³/mol. The fraction of sp³-hybridized carbons (Fsp3) is 0.357. The van der Waals surface area contributed by atoms with Gasteiger partial charge in [0.15, 0.2) is 0 Å². The van der Waals surface area contributed by atoms with Crippen LogP contribution in [0, 0.1) is 10.1 Å². The molecule has 1 unspecified atom stereocenters. The molecule has 0 aliphatic carbocycles. The van der Waals surface area contributed by atoms with E-state index in [9.17, 15) is 10.1 Å². The van der Waals surface area contributed by atoms with Gasteiger partial charge in [-0.3, -0.25) is 10.1 Å². The number of nitro groups is 1. The molecule has 0 aromatic carbocycles. The van der Waals surface area contributed by atoms with Crippen molar-refractivity contribution in [3.8, 4) is 0 Å². The van der Waals surface area contributed by atoms with E-state index in [0.717, 1.165) is 37.4 Å². The number of hydrogen-bond donors (Lipinski definition) is 0. The third-order valence-corrected chi connectivity index (χ3v) is 3.61. The third-order valence-electron chi connectivity index (χ3n) is 3.61. The highest BCUT2D eigenvalue weighted by Crippen LogP contribution is 2.34. The van der Waals surface area contributed by atoms with E-state index in [-0.39, 0.29) is 11.7 Å². The van der Waals surface area contributed by atoms with Crippen LogP contribution in [0.3, 0.4) is 0 Å². The molecule has 1 fully saturated rings. The summed E-state index contributed by atoms with van der Waals surface area (Å²) in [5.74, 6) is 1.68. The number of anilines is 1. The summed E-state index contributed by atoms with van der Waals surface area (Å²) in [6.07, 6.45) is 6.23. The summed E-state index contributed by atoms with van der Waals surface area (Å²) in [7, 11) is 0. The largest absolute Gasteiger partial charge is 0.467 e. The van der Waals surface area contributed by atoms with E-state index in [2.05, 4.69) is 9.88 Å². The lowest BCUT2D eigenvalue weighted by molar-refractivity contribution is -0.385. The predicted octanol–water partition coefficient (Wildman–Crippen LogP) is 3.31. The minimum atomic E-state index is -0.434. The lowest BCUT2D eigenvalue weighted by Crippen LogP contribution is -2.33. The Morgan fingerprint density at radius 1 is 1.35 bits per heavy atom. The second-order valence-corrected chi connectivity index (χ2v) is 4.85. The number of hydrogen-bond acceptors (Lipinski definition) is 5. The maximum absolute atomic E-state index is 10.7. The van der Waals surface area contributed by atoms with Crippen LogP contribution in [0.2, 0.25) is 0 Å². The minimum absolute atomic E-state index is 0.0142. The van der Waals surface area contributed by atoms with Gasteiger partial charge in [-0.05, 0) is 37.5 Å². The number of furan rings is 1. The van der Waals surface area contributed by atoms with Crippen LogP contribution in [0.5, 0.6) is 0 Å². The van der Waals surface area contributed by atoms with Crippen LogP contribution in [0.1, 0.15) is 31.1 Å². The highest BCUT2D eigenvalue weighted by Gasteiger charge is 2.27. The van der Waals surface area contributed by atoms with Gasteiger partial charge in [0.25, 0.3) is 5.69 Å². The van der Waals surface area contributed by atoms with Crippen molar-refractivity contribution in [2.75, 3.05) is 11.4 Å². The molecule has 0 saturated carbocycles. The van der Waals surface area contributed by atoms with Crippen LogP contribution < -0.4 is 4.90 Å². The summed E-state index contributed by atoms with van der Waals surface area (Å²) in [5.41, 5.74) is 0.0142. The van der Waals surface area contributed by atoms with Crippen molar-refractivity contribution < 1.29 is 9.34 Å². The van der Waals surface area contributed by atoms with Crippen molar-refractivity contribution >= 4 is 11.5 Å². The SMILES string of the molecule is O=[N+]([O-])c1ccc(N2CCCCC2c2ccco2)nc1. The molecule has 1 saturated heterocycles. The first-order valence-corrected chi connectivity index (χ1v) is 6.66. The Morgan fingerprint density at radius 2 is 2.25 bits per heavy atom. The molecule has 0 spiro atoms. The van der Waals surface area contributed by atoms with E-state index in [1.165, 1.54) is 12.3 Å². The van der Waals surface area contributed by atoms with Gasteiger partial charge in [0, 0.05) is 12.6 Å². The summed E-state index contributed by atoms with van der Waals surface area (Å²) in [5, 5.41) is 10.7. The van der Waals surface area contributed by atoms with E-state index in [0.29, 0.717) is 0 Å².